The standard InChI is InChI=1S/C14H23NO/c1-11-4-6-13(7-5-11)8-14(9-15)12(2)10-16-3/h4-7,12,14H,8-10,15H2,1-3H3. The molecule has 2 nitrogen and oxygen atoms in total. The monoisotopic (exact) mass is 221 g/mol. The zero-order chi connectivity index (χ0) is 12.0. The fourth-order valence-electron chi connectivity index (χ4n) is 1.94. The summed E-state index contributed by atoms with van der Waals surface area (Å²) in [5, 5.41) is 0. The first-order chi connectivity index (χ1) is 7.67. The summed E-state index contributed by atoms with van der Waals surface area (Å²) in [4.78, 5) is 0. The molecule has 0 saturated carbocycles. The van der Waals surface area contributed by atoms with Crippen LogP contribution in [0.4, 0.5) is 0 Å². The lowest BCUT2D eigenvalue weighted by molar-refractivity contribution is 0.131. The van der Waals surface area contributed by atoms with Gasteiger partial charge in [0, 0.05) is 13.7 Å². The van der Waals surface area contributed by atoms with Crippen LogP contribution in [0.2, 0.25) is 0 Å². The van der Waals surface area contributed by atoms with Gasteiger partial charge in [0.15, 0.2) is 0 Å². The van der Waals surface area contributed by atoms with Crippen LogP contribution in [-0.4, -0.2) is 20.3 Å². The van der Waals surface area contributed by atoms with E-state index < -0.39 is 0 Å². The first-order valence-electron chi connectivity index (χ1n) is 5.92. The molecule has 0 aromatic heterocycles. The van der Waals surface area contributed by atoms with E-state index in [4.69, 9.17) is 10.5 Å². The van der Waals surface area contributed by atoms with Crippen LogP contribution < -0.4 is 5.73 Å². The van der Waals surface area contributed by atoms with Crippen LogP contribution in [0.25, 0.3) is 0 Å². The van der Waals surface area contributed by atoms with Gasteiger partial charge in [-0.25, -0.2) is 0 Å². The van der Waals surface area contributed by atoms with E-state index in [1.807, 2.05) is 0 Å². The number of rotatable bonds is 6. The summed E-state index contributed by atoms with van der Waals surface area (Å²) in [6.45, 7) is 5.82. The summed E-state index contributed by atoms with van der Waals surface area (Å²) in [6.07, 6.45) is 1.04. The molecule has 2 N–H and O–H groups in total. The third-order valence-electron chi connectivity index (χ3n) is 3.16. The van der Waals surface area contributed by atoms with Crippen molar-refractivity contribution >= 4 is 0 Å². The summed E-state index contributed by atoms with van der Waals surface area (Å²) >= 11 is 0. The van der Waals surface area contributed by atoms with Gasteiger partial charge in [-0.2, -0.15) is 0 Å². The molecule has 2 atom stereocenters. The Morgan fingerprint density at radius 3 is 2.38 bits per heavy atom. The number of hydrogen-bond donors (Lipinski definition) is 1. The molecule has 2 heteroatoms. The van der Waals surface area contributed by atoms with Crippen molar-refractivity contribution in [3.63, 3.8) is 0 Å². The molecule has 2 unspecified atom stereocenters. The van der Waals surface area contributed by atoms with Gasteiger partial charge in [-0.1, -0.05) is 36.8 Å². The second-order valence-corrected chi connectivity index (χ2v) is 4.62. The van der Waals surface area contributed by atoms with Crippen molar-refractivity contribution in [1.29, 1.82) is 0 Å². The highest BCUT2D eigenvalue weighted by molar-refractivity contribution is 5.21. The van der Waals surface area contributed by atoms with Crippen LogP contribution in [0.15, 0.2) is 24.3 Å². The Hall–Kier alpha value is -0.860. The van der Waals surface area contributed by atoms with Crippen LogP contribution in [0.5, 0.6) is 0 Å². The molecule has 1 aromatic rings. The Morgan fingerprint density at radius 2 is 1.88 bits per heavy atom. The zero-order valence-electron chi connectivity index (χ0n) is 10.6. The number of benzene rings is 1. The minimum absolute atomic E-state index is 0.502. The quantitative estimate of drug-likeness (QED) is 0.800. The molecule has 0 saturated heterocycles. The van der Waals surface area contributed by atoms with E-state index in [1.165, 1.54) is 11.1 Å². The van der Waals surface area contributed by atoms with Crippen molar-refractivity contribution in [3.05, 3.63) is 35.4 Å². The molecule has 1 aromatic carbocycles. The van der Waals surface area contributed by atoms with Crippen molar-refractivity contribution in [2.24, 2.45) is 17.6 Å². The molecule has 0 spiro atoms. The highest BCUT2D eigenvalue weighted by atomic mass is 16.5. The number of ether oxygens (including phenoxy) is 1. The van der Waals surface area contributed by atoms with Crippen LogP contribution >= 0.6 is 0 Å². The van der Waals surface area contributed by atoms with Crippen LogP contribution in [0.3, 0.4) is 0 Å². The lowest BCUT2D eigenvalue weighted by Gasteiger charge is -2.22. The number of nitrogens with two attached hydrogens (primary N) is 1. The maximum atomic E-state index is 5.83. The molecular formula is C14H23NO. The van der Waals surface area contributed by atoms with E-state index in [0.717, 1.165) is 19.6 Å². The van der Waals surface area contributed by atoms with Crippen LogP contribution in [0.1, 0.15) is 18.1 Å². The zero-order valence-corrected chi connectivity index (χ0v) is 10.6. The van der Waals surface area contributed by atoms with E-state index in [9.17, 15) is 0 Å². The Balaban J connectivity index is 2.59. The summed E-state index contributed by atoms with van der Waals surface area (Å²) in [6, 6.07) is 8.70. The van der Waals surface area contributed by atoms with Crippen molar-refractivity contribution in [1.82, 2.24) is 0 Å². The summed E-state index contributed by atoms with van der Waals surface area (Å²) in [5.41, 5.74) is 8.49. The Bertz CT molecular complexity index is 294. The number of aryl methyl sites for hydroxylation is 1. The largest absolute Gasteiger partial charge is 0.384 e. The van der Waals surface area contributed by atoms with Gasteiger partial charge in [-0.3, -0.25) is 0 Å². The molecule has 0 aliphatic heterocycles. The Kier molecular flexibility index (Phi) is 5.50. The highest BCUT2D eigenvalue weighted by Crippen LogP contribution is 2.17. The molecule has 0 aliphatic carbocycles. The highest BCUT2D eigenvalue weighted by Gasteiger charge is 2.15. The van der Waals surface area contributed by atoms with Crippen molar-refractivity contribution < 1.29 is 4.74 Å². The van der Waals surface area contributed by atoms with E-state index in [2.05, 4.69) is 38.1 Å². The molecule has 0 radical (unpaired) electrons. The van der Waals surface area contributed by atoms with E-state index in [1.54, 1.807) is 7.11 Å². The first-order valence-corrected chi connectivity index (χ1v) is 5.92. The molecule has 16 heavy (non-hydrogen) atoms. The van der Waals surface area contributed by atoms with E-state index >= 15 is 0 Å². The predicted molar refractivity (Wildman–Crippen MR) is 68.5 cm³/mol. The molecule has 0 amide bonds. The fourth-order valence-corrected chi connectivity index (χ4v) is 1.94. The normalized spacial score (nSPS) is 14.8. The SMILES string of the molecule is COCC(C)C(CN)Cc1ccc(C)cc1. The third-order valence-corrected chi connectivity index (χ3v) is 3.16. The number of methoxy groups -OCH3 is 1. The average Bonchev–Trinajstić information content (AvgIpc) is 2.28. The smallest absolute Gasteiger partial charge is 0.0491 e. The fraction of sp³-hybridized carbons (Fsp3) is 0.571. The van der Waals surface area contributed by atoms with Crippen LogP contribution in [-0.2, 0) is 11.2 Å². The molecule has 90 valence electrons. The maximum Gasteiger partial charge on any atom is 0.0491 e. The van der Waals surface area contributed by atoms with Gasteiger partial charge in [0.2, 0.25) is 0 Å². The summed E-state index contributed by atoms with van der Waals surface area (Å²) in [5.74, 6) is 1.01. The van der Waals surface area contributed by atoms with Gasteiger partial charge < -0.3 is 10.5 Å². The Morgan fingerprint density at radius 1 is 1.25 bits per heavy atom. The lowest BCUT2D eigenvalue weighted by Crippen LogP contribution is -2.26. The van der Waals surface area contributed by atoms with Crippen LogP contribution in [0, 0.1) is 18.8 Å². The molecule has 0 fully saturated rings. The van der Waals surface area contributed by atoms with Gasteiger partial charge in [-0.05, 0) is 37.3 Å². The minimum atomic E-state index is 0.502. The molecule has 0 bridgehead atoms. The lowest BCUT2D eigenvalue weighted by atomic mass is 9.88. The third kappa shape index (κ3) is 3.95. The molecule has 1 rings (SSSR count). The van der Waals surface area contributed by atoms with Gasteiger partial charge >= 0.3 is 0 Å². The van der Waals surface area contributed by atoms with Crippen molar-refractivity contribution in [2.45, 2.75) is 20.3 Å². The van der Waals surface area contributed by atoms with Gasteiger partial charge in [0.05, 0.1) is 0 Å². The van der Waals surface area contributed by atoms with Crippen molar-refractivity contribution in [3.8, 4) is 0 Å². The minimum Gasteiger partial charge on any atom is -0.384 e. The number of hydrogen-bond acceptors (Lipinski definition) is 2. The predicted octanol–water partition coefficient (Wildman–Crippen LogP) is 2.39. The van der Waals surface area contributed by atoms with Crippen molar-refractivity contribution in [2.75, 3.05) is 20.3 Å². The molecular weight excluding hydrogens is 198 g/mol. The second kappa shape index (κ2) is 6.66. The summed E-state index contributed by atoms with van der Waals surface area (Å²) < 4.78 is 5.19. The maximum absolute atomic E-state index is 5.83. The van der Waals surface area contributed by atoms with Gasteiger partial charge in [0.25, 0.3) is 0 Å². The average molecular weight is 221 g/mol. The first kappa shape index (κ1) is 13.2. The van der Waals surface area contributed by atoms with E-state index in [-0.39, 0.29) is 0 Å². The molecule has 0 heterocycles. The second-order valence-electron chi connectivity index (χ2n) is 4.62. The van der Waals surface area contributed by atoms with Gasteiger partial charge in [0.1, 0.15) is 0 Å². The summed E-state index contributed by atoms with van der Waals surface area (Å²) in [7, 11) is 1.75. The topological polar surface area (TPSA) is 35.2 Å². The van der Waals surface area contributed by atoms with E-state index in [0.29, 0.717) is 11.8 Å². The Labute approximate surface area is 98.8 Å². The molecule has 0 aliphatic rings. The van der Waals surface area contributed by atoms with Gasteiger partial charge in [-0.15, -0.1) is 0 Å².